The molecule has 0 fully saturated rings. The van der Waals surface area contributed by atoms with Gasteiger partial charge in [0.1, 0.15) is 6.10 Å². The van der Waals surface area contributed by atoms with Crippen LogP contribution in [0, 0.1) is 0 Å². The third-order valence-electron chi connectivity index (χ3n) is 9.79. The molecule has 3 atom stereocenters. The van der Waals surface area contributed by atoms with Gasteiger partial charge in [-0.05, 0) is 51.4 Å². The minimum Gasteiger partial charge on any atom is -0.461 e. The molecule has 1 amide bonds. The number of esters is 1. The summed E-state index contributed by atoms with van der Waals surface area (Å²) in [5.41, 5.74) is 0. The van der Waals surface area contributed by atoms with Crippen molar-refractivity contribution in [1.29, 1.82) is 0 Å². The largest absolute Gasteiger partial charge is 0.461 e. The van der Waals surface area contributed by atoms with Crippen LogP contribution in [0.4, 0.5) is 0 Å². The van der Waals surface area contributed by atoms with Gasteiger partial charge in [-0.25, -0.2) is 0 Å². The van der Waals surface area contributed by atoms with Gasteiger partial charge < -0.3 is 20.3 Å². The fourth-order valence-corrected chi connectivity index (χ4v) is 6.35. The molecule has 0 radical (unpaired) electrons. The third-order valence-corrected chi connectivity index (χ3v) is 9.79. The average molecular weight is 792 g/mol. The van der Waals surface area contributed by atoms with Gasteiger partial charge in [0.2, 0.25) is 5.91 Å². The SMILES string of the molecule is CC/C=C/C=C/C=C\C=C/C=C/CC(CC(=O)NC(CO)C(O)CCCCCCCCCCCCCCC)OC(=O)CCCCCC/C=C/C/C=C/C/C=C/CC. The lowest BCUT2D eigenvalue weighted by molar-refractivity contribution is -0.150. The number of hydrogen-bond donors (Lipinski definition) is 3. The van der Waals surface area contributed by atoms with Crippen LogP contribution in [0.1, 0.15) is 188 Å². The molecule has 0 aromatic rings. The smallest absolute Gasteiger partial charge is 0.306 e. The molecule has 0 aliphatic heterocycles. The molecule has 0 aliphatic carbocycles. The minimum atomic E-state index is -0.825. The van der Waals surface area contributed by atoms with E-state index >= 15 is 0 Å². The van der Waals surface area contributed by atoms with Gasteiger partial charge in [-0.3, -0.25) is 9.59 Å². The first-order valence-electron chi connectivity index (χ1n) is 23.0. The summed E-state index contributed by atoms with van der Waals surface area (Å²) >= 11 is 0. The molecule has 0 spiro atoms. The van der Waals surface area contributed by atoms with E-state index in [2.05, 4.69) is 68.6 Å². The summed E-state index contributed by atoms with van der Waals surface area (Å²) < 4.78 is 5.80. The summed E-state index contributed by atoms with van der Waals surface area (Å²) in [7, 11) is 0. The molecule has 0 bridgehead atoms. The number of carbonyl (C=O) groups excluding carboxylic acids is 2. The highest BCUT2D eigenvalue weighted by molar-refractivity contribution is 5.77. The summed E-state index contributed by atoms with van der Waals surface area (Å²) in [5.74, 6) is -0.644. The highest BCUT2D eigenvalue weighted by atomic mass is 16.5. The van der Waals surface area contributed by atoms with Crippen molar-refractivity contribution in [2.24, 2.45) is 0 Å². The molecule has 0 rings (SSSR count). The van der Waals surface area contributed by atoms with Crippen LogP contribution in [-0.4, -0.2) is 46.9 Å². The van der Waals surface area contributed by atoms with Gasteiger partial charge in [0.25, 0.3) is 0 Å². The molecule has 6 heteroatoms. The van der Waals surface area contributed by atoms with Crippen LogP contribution in [0.2, 0.25) is 0 Å². The number of carbonyl (C=O) groups is 2. The van der Waals surface area contributed by atoms with Crippen molar-refractivity contribution in [3.8, 4) is 0 Å². The quantitative estimate of drug-likeness (QED) is 0.0249. The van der Waals surface area contributed by atoms with Crippen molar-refractivity contribution in [2.45, 2.75) is 206 Å². The average Bonchev–Trinajstić information content (AvgIpc) is 3.20. The molecule has 324 valence electrons. The van der Waals surface area contributed by atoms with Gasteiger partial charge in [-0.1, -0.05) is 214 Å². The first-order valence-corrected chi connectivity index (χ1v) is 23.0. The number of rotatable bonds is 39. The number of nitrogens with one attached hydrogen (secondary N) is 1. The molecule has 0 saturated heterocycles. The minimum absolute atomic E-state index is 0.0330. The van der Waals surface area contributed by atoms with Crippen molar-refractivity contribution in [3.63, 3.8) is 0 Å². The zero-order valence-electron chi connectivity index (χ0n) is 36.7. The van der Waals surface area contributed by atoms with Gasteiger partial charge >= 0.3 is 5.97 Å². The monoisotopic (exact) mass is 792 g/mol. The highest BCUT2D eigenvalue weighted by Gasteiger charge is 2.23. The van der Waals surface area contributed by atoms with Crippen molar-refractivity contribution in [1.82, 2.24) is 5.32 Å². The van der Waals surface area contributed by atoms with E-state index in [0.717, 1.165) is 77.0 Å². The first-order chi connectivity index (χ1) is 28.0. The molecule has 57 heavy (non-hydrogen) atoms. The molecule has 0 saturated carbocycles. The van der Waals surface area contributed by atoms with Gasteiger partial charge in [-0.2, -0.15) is 0 Å². The topological polar surface area (TPSA) is 95.9 Å². The Labute approximate surface area is 350 Å². The van der Waals surface area contributed by atoms with Crippen LogP contribution in [0.3, 0.4) is 0 Å². The second kappa shape index (κ2) is 43.9. The molecule has 3 unspecified atom stereocenters. The Morgan fingerprint density at radius 3 is 1.63 bits per heavy atom. The van der Waals surface area contributed by atoms with Gasteiger partial charge in [0.15, 0.2) is 0 Å². The maximum atomic E-state index is 13.1. The Bertz CT molecular complexity index is 1160. The summed E-state index contributed by atoms with van der Waals surface area (Å²) in [6.45, 7) is 6.15. The lowest BCUT2D eigenvalue weighted by atomic mass is 10.0. The Balaban J connectivity index is 4.75. The number of aliphatic hydroxyl groups is 2. The molecular weight excluding hydrogens is 707 g/mol. The van der Waals surface area contributed by atoms with E-state index in [0.29, 0.717) is 19.3 Å². The molecular formula is C51H85NO5. The zero-order valence-corrected chi connectivity index (χ0v) is 36.7. The number of hydrogen-bond acceptors (Lipinski definition) is 5. The van der Waals surface area contributed by atoms with Crippen molar-refractivity contribution < 1.29 is 24.5 Å². The third kappa shape index (κ3) is 39.4. The fourth-order valence-electron chi connectivity index (χ4n) is 6.35. The van der Waals surface area contributed by atoms with E-state index in [9.17, 15) is 19.8 Å². The van der Waals surface area contributed by atoms with Crippen LogP contribution in [0.25, 0.3) is 0 Å². The van der Waals surface area contributed by atoms with E-state index in [1.54, 1.807) is 0 Å². The summed E-state index contributed by atoms with van der Waals surface area (Å²) in [4.78, 5) is 25.9. The predicted octanol–water partition coefficient (Wildman–Crippen LogP) is 13.4. The molecule has 3 N–H and O–H groups in total. The number of amides is 1. The van der Waals surface area contributed by atoms with Crippen LogP contribution in [0.5, 0.6) is 0 Å². The standard InChI is InChI=1S/C51H85NO5/c1-4-7-10-13-16-19-22-24-26-29-32-35-38-41-44-51(56)57-47(42-39-36-33-30-27-21-18-15-12-9-6-3)45-50(55)52-48(46-53)49(54)43-40-37-34-31-28-25-23-20-17-14-11-8-5-2/h7,9-10,12,15-16,18-19,21,24,26-27,30,33,36,39,47-49,53-54H,4-6,8,11,13-14,17,20,22-23,25,28-29,31-32,34-35,37-38,40-46H2,1-3H3,(H,52,55)/b10-7+,12-9+,18-15+,19-16+,26-24+,27-21-,33-30-,39-36+. The zero-order chi connectivity index (χ0) is 41.7. The van der Waals surface area contributed by atoms with Crippen LogP contribution >= 0.6 is 0 Å². The van der Waals surface area contributed by atoms with Gasteiger partial charge in [-0.15, -0.1) is 0 Å². The summed E-state index contributed by atoms with van der Waals surface area (Å²) in [6.07, 6.45) is 57.7. The van der Waals surface area contributed by atoms with E-state index in [1.807, 2.05) is 54.7 Å². The van der Waals surface area contributed by atoms with Gasteiger partial charge in [0.05, 0.1) is 25.2 Å². The Morgan fingerprint density at radius 1 is 0.561 bits per heavy atom. The maximum Gasteiger partial charge on any atom is 0.306 e. The second-order valence-corrected chi connectivity index (χ2v) is 15.2. The molecule has 0 aromatic heterocycles. The fraction of sp³-hybridized carbons (Fsp3) is 0.647. The van der Waals surface area contributed by atoms with Crippen LogP contribution < -0.4 is 5.32 Å². The van der Waals surface area contributed by atoms with Crippen LogP contribution in [0.15, 0.2) is 97.2 Å². The normalized spacial score (nSPS) is 14.3. The Kier molecular flexibility index (Phi) is 41.4. The number of ether oxygens (including phenoxy) is 1. The molecule has 0 aromatic carbocycles. The van der Waals surface area contributed by atoms with E-state index in [4.69, 9.17) is 4.74 Å². The number of unbranched alkanes of at least 4 members (excludes halogenated alkanes) is 16. The van der Waals surface area contributed by atoms with E-state index in [-0.39, 0.29) is 24.9 Å². The molecule has 0 heterocycles. The lowest BCUT2D eigenvalue weighted by Gasteiger charge is -2.24. The Morgan fingerprint density at radius 2 is 1.05 bits per heavy atom. The molecule has 0 aliphatic rings. The maximum absolute atomic E-state index is 13.1. The van der Waals surface area contributed by atoms with Gasteiger partial charge in [0, 0.05) is 12.8 Å². The van der Waals surface area contributed by atoms with Crippen molar-refractivity contribution in [3.05, 3.63) is 97.2 Å². The van der Waals surface area contributed by atoms with E-state index in [1.165, 1.54) is 64.2 Å². The van der Waals surface area contributed by atoms with Crippen molar-refractivity contribution >= 4 is 11.9 Å². The predicted molar refractivity (Wildman–Crippen MR) is 245 cm³/mol. The second-order valence-electron chi connectivity index (χ2n) is 15.2. The number of aliphatic hydroxyl groups excluding tert-OH is 2. The lowest BCUT2D eigenvalue weighted by Crippen LogP contribution is -2.46. The Hall–Kier alpha value is -3.22. The number of allylic oxidation sites excluding steroid dienone is 15. The van der Waals surface area contributed by atoms with Crippen LogP contribution in [-0.2, 0) is 14.3 Å². The van der Waals surface area contributed by atoms with Crippen molar-refractivity contribution in [2.75, 3.05) is 6.61 Å². The molecule has 6 nitrogen and oxygen atoms in total. The summed E-state index contributed by atoms with van der Waals surface area (Å²) in [6, 6.07) is -0.748. The van der Waals surface area contributed by atoms with E-state index < -0.39 is 18.2 Å². The highest BCUT2D eigenvalue weighted by Crippen LogP contribution is 2.15. The first kappa shape index (κ1) is 53.8. The summed E-state index contributed by atoms with van der Waals surface area (Å²) in [5, 5.41) is 23.6.